The van der Waals surface area contributed by atoms with Gasteiger partial charge in [-0.15, -0.1) is 11.3 Å². The van der Waals surface area contributed by atoms with E-state index in [2.05, 4.69) is 43.8 Å². The van der Waals surface area contributed by atoms with Gasteiger partial charge in [0, 0.05) is 16.2 Å². The number of carbonyl (C=O) groups is 1. The predicted octanol–water partition coefficient (Wildman–Crippen LogP) is 3.26. The molecule has 2 nitrogen and oxygen atoms in total. The van der Waals surface area contributed by atoms with Crippen molar-refractivity contribution >= 4 is 55.8 Å². The van der Waals surface area contributed by atoms with Gasteiger partial charge in [-0.05, 0) is 42.5 Å². The minimum absolute atomic E-state index is 0.00591. The summed E-state index contributed by atoms with van der Waals surface area (Å²) in [7, 11) is 0. The van der Waals surface area contributed by atoms with Gasteiger partial charge in [-0.3, -0.25) is 4.79 Å². The van der Waals surface area contributed by atoms with E-state index in [0.717, 1.165) is 13.8 Å². The second-order valence-corrected chi connectivity index (χ2v) is 6.98. The average Bonchev–Trinajstić information content (AvgIpc) is 2.51. The zero-order valence-electron chi connectivity index (χ0n) is 7.93. The number of halogens is 2. The third-order valence-electron chi connectivity index (χ3n) is 1.62. The van der Waals surface area contributed by atoms with Crippen LogP contribution in [0, 0.1) is 2.88 Å². The summed E-state index contributed by atoms with van der Waals surface area (Å²) in [5.41, 5.74) is 0.540. The number of rotatable bonds is 3. The van der Waals surface area contributed by atoms with Crippen LogP contribution in [0.2, 0.25) is 0 Å². The summed E-state index contributed by atoms with van der Waals surface area (Å²) in [4.78, 5) is 11.7. The second-order valence-electron chi connectivity index (χ2n) is 3.61. The molecule has 1 aromatic heterocycles. The van der Waals surface area contributed by atoms with E-state index in [1.54, 1.807) is 11.3 Å². The van der Waals surface area contributed by atoms with Gasteiger partial charge in [0.05, 0.1) is 8.45 Å². The Morgan fingerprint density at radius 3 is 2.79 bits per heavy atom. The number of hydrogen-bond acceptors (Lipinski definition) is 2. The molecule has 1 rings (SSSR count). The van der Waals surface area contributed by atoms with Crippen LogP contribution in [-0.4, -0.2) is 16.8 Å². The summed E-state index contributed by atoms with van der Waals surface area (Å²) in [5, 5.41) is 5.57. The zero-order chi connectivity index (χ0) is 10.8. The first-order valence-corrected chi connectivity index (χ1v) is 7.15. The quantitative estimate of drug-likeness (QED) is 0.626. The van der Waals surface area contributed by atoms with Crippen LogP contribution < -0.4 is 5.32 Å². The van der Waals surface area contributed by atoms with Crippen molar-refractivity contribution in [3.8, 4) is 0 Å². The van der Waals surface area contributed by atoms with E-state index in [-0.39, 0.29) is 11.4 Å². The van der Waals surface area contributed by atoms with Gasteiger partial charge in [0.25, 0.3) is 5.91 Å². The summed E-state index contributed by atoms with van der Waals surface area (Å²) >= 11 is 7.15. The SMILES string of the molecule is CC(C)(CBr)NC(=O)c1csc(I)c1. The van der Waals surface area contributed by atoms with Gasteiger partial charge in [0.2, 0.25) is 0 Å². The van der Waals surface area contributed by atoms with Crippen LogP contribution in [0.25, 0.3) is 0 Å². The summed E-state index contributed by atoms with van der Waals surface area (Å²) < 4.78 is 1.13. The Morgan fingerprint density at radius 2 is 2.36 bits per heavy atom. The molecule has 0 aliphatic carbocycles. The molecule has 0 spiro atoms. The lowest BCUT2D eigenvalue weighted by molar-refractivity contribution is 0.0922. The standard InChI is InChI=1S/C9H11BrINOS/c1-9(2,5-10)12-8(13)6-3-7(11)14-4-6/h3-4H,5H2,1-2H3,(H,12,13). The summed E-state index contributed by atoms with van der Waals surface area (Å²) in [6.07, 6.45) is 0. The average molecular weight is 388 g/mol. The fourth-order valence-corrected chi connectivity index (χ4v) is 2.31. The van der Waals surface area contributed by atoms with E-state index in [1.807, 2.05) is 25.3 Å². The van der Waals surface area contributed by atoms with Crippen molar-refractivity contribution < 1.29 is 4.79 Å². The van der Waals surface area contributed by atoms with Gasteiger partial charge < -0.3 is 5.32 Å². The maximum Gasteiger partial charge on any atom is 0.252 e. The summed E-state index contributed by atoms with van der Waals surface area (Å²) in [6, 6.07) is 1.89. The highest BCUT2D eigenvalue weighted by Gasteiger charge is 2.19. The molecule has 5 heteroatoms. The first kappa shape index (κ1) is 12.4. The fourth-order valence-electron chi connectivity index (χ4n) is 0.842. The molecular weight excluding hydrogens is 377 g/mol. The predicted molar refractivity (Wildman–Crippen MR) is 72.4 cm³/mol. The van der Waals surface area contributed by atoms with Crippen molar-refractivity contribution in [3.63, 3.8) is 0 Å². The minimum Gasteiger partial charge on any atom is -0.346 e. The van der Waals surface area contributed by atoms with Crippen molar-refractivity contribution in [3.05, 3.63) is 19.9 Å². The lowest BCUT2D eigenvalue weighted by Gasteiger charge is -2.23. The molecule has 0 bridgehead atoms. The number of amides is 1. The van der Waals surface area contributed by atoms with E-state index >= 15 is 0 Å². The van der Waals surface area contributed by atoms with E-state index < -0.39 is 0 Å². The number of nitrogens with one attached hydrogen (secondary N) is 1. The van der Waals surface area contributed by atoms with Gasteiger partial charge in [0.15, 0.2) is 0 Å². The number of carbonyl (C=O) groups excluding carboxylic acids is 1. The molecule has 0 aromatic carbocycles. The Bertz CT molecular complexity index is 337. The van der Waals surface area contributed by atoms with Crippen LogP contribution in [0.4, 0.5) is 0 Å². The minimum atomic E-state index is -0.204. The lowest BCUT2D eigenvalue weighted by atomic mass is 10.1. The summed E-state index contributed by atoms with van der Waals surface area (Å²) in [6.45, 7) is 3.97. The molecular formula is C9H11BrINOS. The highest BCUT2D eigenvalue weighted by atomic mass is 127. The molecule has 1 N–H and O–H groups in total. The third kappa shape index (κ3) is 3.51. The fraction of sp³-hybridized carbons (Fsp3) is 0.444. The second kappa shape index (κ2) is 4.94. The topological polar surface area (TPSA) is 29.1 Å². The molecule has 0 aliphatic rings. The molecule has 1 aromatic rings. The smallest absolute Gasteiger partial charge is 0.252 e. The van der Waals surface area contributed by atoms with Gasteiger partial charge in [0.1, 0.15) is 0 Å². The number of thiophene rings is 1. The number of alkyl halides is 1. The van der Waals surface area contributed by atoms with Crippen LogP contribution >= 0.6 is 49.9 Å². The van der Waals surface area contributed by atoms with Crippen LogP contribution in [0.3, 0.4) is 0 Å². The van der Waals surface area contributed by atoms with Crippen molar-refractivity contribution in [2.45, 2.75) is 19.4 Å². The van der Waals surface area contributed by atoms with Crippen molar-refractivity contribution in [1.82, 2.24) is 5.32 Å². The highest BCUT2D eigenvalue weighted by Crippen LogP contribution is 2.17. The largest absolute Gasteiger partial charge is 0.346 e. The van der Waals surface area contributed by atoms with Gasteiger partial charge in [-0.2, -0.15) is 0 Å². The molecule has 0 atom stereocenters. The van der Waals surface area contributed by atoms with E-state index in [4.69, 9.17) is 0 Å². The van der Waals surface area contributed by atoms with E-state index in [1.165, 1.54) is 0 Å². The van der Waals surface area contributed by atoms with Crippen molar-refractivity contribution in [2.75, 3.05) is 5.33 Å². The Labute approximate surface area is 110 Å². The normalized spacial score (nSPS) is 11.4. The van der Waals surface area contributed by atoms with Crippen molar-refractivity contribution in [2.24, 2.45) is 0 Å². The molecule has 14 heavy (non-hydrogen) atoms. The van der Waals surface area contributed by atoms with Crippen molar-refractivity contribution in [1.29, 1.82) is 0 Å². The Balaban J connectivity index is 2.68. The Kier molecular flexibility index (Phi) is 4.39. The molecule has 0 fully saturated rings. The highest BCUT2D eigenvalue weighted by molar-refractivity contribution is 14.1. The molecule has 1 heterocycles. The Hall–Kier alpha value is 0.380. The first-order valence-electron chi connectivity index (χ1n) is 4.07. The van der Waals surface area contributed by atoms with Crippen LogP contribution in [0.15, 0.2) is 11.4 Å². The van der Waals surface area contributed by atoms with Crippen LogP contribution in [0.1, 0.15) is 24.2 Å². The van der Waals surface area contributed by atoms with Crippen LogP contribution in [-0.2, 0) is 0 Å². The molecule has 1 amide bonds. The molecule has 0 unspecified atom stereocenters. The molecule has 0 saturated heterocycles. The number of hydrogen-bond donors (Lipinski definition) is 1. The van der Waals surface area contributed by atoms with Gasteiger partial charge in [-0.1, -0.05) is 15.9 Å². The lowest BCUT2D eigenvalue weighted by Crippen LogP contribution is -2.44. The molecule has 0 aliphatic heterocycles. The van der Waals surface area contributed by atoms with Crippen LogP contribution in [0.5, 0.6) is 0 Å². The van der Waals surface area contributed by atoms with E-state index in [9.17, 15) is 4.79 Å². The first-order chi connectivity index (χ1) is 6.44. The zero-order valence-corrected chi connectivity index (χ0v) is 12.5. The van der Waals surface area contributed by atoms with E-state index in [0.29, 0.717) is 0 Å². The molecule has 78 valence electrons. The third-order valence-corrected chi connectivity index (χ3v) is 4.81. The maximum atomic E-state index is 11.7. The Morgan fingerprint density at radius 1 is 1.71 bits per heavy atom. The van der Waals surface area contributed by atoms with Gasteiger partial charge in [-0.25, -0.2) is 0 Å². The molecule has 0 radical (unpaired) electrons. The summed E-state index contributed by atoms with van der Waals surface area (Å²) in [5.74, 6) is -0.00591. The van der Waals surface area contributed by atoms with Gasteiger partial charge >= 0.3 is 0 Å². The molecule has 0 saturated carbocycles. The maximum absolute atomic E-state index is 11.7. The monoisotopic (exact) mass is 387 g/mol.